The van der Waals surface area contributed by atoms with Gasteiger partial charge < -0.3 is 11.1 Å². The highest BCUT2D eigenvalue weighted by Crippen LogP contribution is 2.30. The molecule has 0 aromatic rings. The lowest BCUT2D eigenvalue weighted by atomic mass is 9.77. The smallest absolute Gasteiger partial charge is 0.223 e. The largest absolute Gasteiger partial charge is 0.355 e. The third kappa shape index (κ3) is 3.30. The topological polar surface area (TPSA) is 72.2 Å². The SMILES string of the molecule is CC(=O)[C@H]1CCCC[C@H]1C(=O)NCCN. The number of carbonyl (C=O) groups excluding carboxylic acids is 2. The Morgan fingerprint density at radius 1 is 1.27 bits per heavy atom. The van der Waals surface area contributed by atoms with Gasteiger partial charge in [0.05, 0.1) is 0 Å². The molecule has 0 unspecified atom stereocenters. The number of ketones is 1. The molecule has 4 heteroatoms. The molecule has 0 spiro atoms. The van der Waals surface area contributed by atoms with Crippen LogP contribution < -0.4 is 11.1 Å². The van der Waals surface area contributed by atoms with E-state index >= 15 is 0 Å². The van der Waals surface area contributed by atoms with Gasteiger partial charge in [-0.1, -0.05) is 12.8 Å². The third-order valence-electron chi connectivity index (χ3n) is 3.07. The number of nitrogens with two attached hydrogens (primary N) is 1. The lowest BCUT2D eigenvalue weighted by molar-refractivity contribution is -0.134. The van der Waals surface area contributed by atoms with Crippen molar-refractivity contribution in [2.75, 3.05) is 13.1 Å². The molecule has 1 amide bonds. The van der Waals surface area contributed by atoms with Crippen LogP contribution in [-0.2, 0) is 9.59 Å². The van der Waals surface area contributed by atoms with E-state index in [1.54, 1.807) is 6.92 Å². The zero-order valence-corrected chi connectivity index (χ0v) is 9.29. The summed E-state index contributed by atoms with van der Waals surface area (Å²) in [6.07, 6.45) is 3.80. The molecule has 0 heterocycles. The first-order valence-corrected chi connectivity index (χ1v) is 5.65. The first-order valence-electron chi connectivity index (χ1n) is 5.65. The minimum atomic E-state index is -0.122. The summed E-state index contributed by atoms with van der Waals surface area (Å²) in [6.45, 7) is 2.53. The molecule has 1 aliphatic carbocycles. The Balaban J connectivity index is 2.55. The number of hydrogen-bond acceptors (Lipinski definition) is 3. The molecule has 0 bridgehead atoms. The van der Waals surface area contributed by atoms with Gasteiger partial charge in [-0.2, -0.15) is 0 Å². The first-order chi connectivity index (χ1) is 7.16. The number of hydrogen-bond donors (Lipinski definition) is 2. The fraction of sp³-hybridized carbons (Fsp3) is 0.818. The highest BCUT2D eigenvalue weighted by Gasteiger charge is 2.33. The van der Waals surface area contributed by atoms with Gasteiger partial charge in [0.2, 0.25) is 5.91 Å². The van der Waals surface area contributed by atoms with E-state index in [2.05, 4.69) is 5.32 Å². The monoisotopic (exact) mass is 212 g/mol. The quantitative estimate of drug-likeness (QED) is 0.711. The van der Waals surface area contributed by atoms with Crippen LogP contribution >= 0.6 is 0 Å². The van der Waals surface area contributed by atoms with Crippen LogP contribution in [0.3, 0.4) is 0 Å². The molecule has 1 aliphatic rings. The van der Waals surface area contributed by atoms with Gasteiger partial charge >= 0.3 is 0 Å². The average molecular weight is 212 g/mol. The summed E-state index contributed by atoms with van der Waals surface area (Å²) in [6, 6.07) is 0. The molecule has 0 aromatic carbocycles. The van der Waals surface area contributed by atoms with Gasteiger partial charge in [0.15, 0.2) is 0 Å². The van der Waals surface area contributed by atoms with Crippen LogP contribution in [0.2, 0.25) is 0 Å². The standard InChI is InChI=1S/C11H20N2O2/c1-8(14)9-4-2-3-5-10(9)11(15)13-7-6-12/h9-10H,2-7,12H2,1H3,(H,13,15)/t9-,10-/m1/s1. The van der Waals surface area contributed by atoms with Gasteiger partial charge in [0, 0.05) is 24.9 Å². The molecule has 2 atom stereocenters. The van der Waals surface area contributed by atoms with Gasteiger partial charge in [-0.25, -0.2) is 0 Å². The van der Waals surface area contributed by atoms with Crippen LogP contribution in [0.15, 0.2) is 0 Å². The molecule has 0 aliphatic heterocycles. The minimum Gasteiger partial charge on any atom is -0.355 e. The molecule has 1 saturated carbocycles. The van der Waals surface area contributed by atoms with E-state index in [4.69, 9.17) is 5.73 Å². The normalized spacial score (nSPS) is 26.0. The predicted octanol–water partition coefficient (Wildman–Crippen LogP) is 0.457. The average Bonchev–Trinajstić information content (AvgIpc) is 2.25. The van der Waals surface area contributed by atoms with Crippen LogP contribution in [0.1, 0.15) is 32.6 Å². The second-order valence-electron chi connectivity index (χ2n) is 4.19. The van der Waals surface area contributed by atoms with E-state index in [1.807, 2.05) is 0 Å². The van der Waals surface area contributed by atoms with E-state index in [0.717, 1.165) is 25.7 Å². The summed E-state index contributed by atoms with van der Waals surface area (Å²) in [5.41, 5.74) is 5.32. The Morgan fingerprint density at radius 2 is 1.87 bits per heavy atom. The Hall–Kier alpha value is -0.900. The minimum absolute atomic E-state index is 0.000324. The molecule has 86 valence electrons. The molecule has 1 fully saturated rings. The molecule has 1 rings (SSSR count). The Bertz CT molecular complexity index is 241. The van der Waals surface area contributed by atoms with Crippen LogP contribution in [0.25, 0.3) is 0 Å². The molecule has 0 radical (unpaired) electrons. The van der Waals surface area contributed by atoms with E-state index in [-0.39, 0.29) is 23.5 Å². The van der Waals surface area contributed by atoms with Crippen molar-refractivity contribution in [3.8, 4) is 0 Å². The maximum absolute atomic E-state index is 11.8. The third-order valence-corrected chi connectivity index (χ3v) is 3.07. The summed E-state index contributed by atoms with van der Waals surface area (Å²) in [4.78, 5) is 23.1. The van der Waals surface area contributed by atoms with E-state index in [1.165, 1.54) is 0 Å². The van der Waals surface area contributed by atoms with Crippen molar-refractivity contribution in [3.05, 3.63) is 0 Å². The van der Waals surface area contributed by atoms with Gasteiger partial charge in [-0.3, -0.25) is 9.59 Å². The van der Waals surface area contributed by atoms with E-state index < -0.39 is 0 Å². The fourth-order valence-corrected chi connectivity index (χ4v) is 2.26. The van der Waals surface area contributed by atoms with Crippen LogP contribution in [0, 0.1) is 11.8 Å². The molecule has 4 nitrogen and oxygen atoms in total. The van der Waals surface area contributed by atoms with Gasteiger partial charge in [-0.05, 0) is 19.8 Å². The van der Waals surface area contributed by atoms with Crippen LogP contribution in [0.5, 0.6) is 0 Å². The first kappa shape index (κ1) is 12.2. The van der Waals surface area contributed by atoms with Crippen LogP contribution in [0.4, 0.5) is 0 Å². The summed E-state index contributed by atoms with van der Waals surface area (Å²) >= 11 is 0. The Morgan fingerprint density at radius 3 is 2.40 bits per heavy atom. The van der Waals surface area contributed by atoms with Crippen molar-refractivity contribution in [2.24, 2.45) is 17.6 Å². The predicted molar refractivity (Wildman–Crippen MR) is 58.2 cm³/mol. The molecule has 15 heavy (non-hydrogen) atoms. The number of amides is 1. The molecule has 0 saturated heterocycles. The van der Waals surface area contributed by atoms with Gasteiger partial charge in [-0.15, -0.1) is 0 Å². The van der Waals surface area contributed by atoms with Crippen molar-refractivity contribution in [1.29, 1.82) is 0 Å². The Kier molecular flexibility index (Phi) is 4.75. The van der Waals surface area contributed by atoms with Crippen LogP contribution in [-0.4, -0.2) is 24.8 Å². The van der Waals surface area contributed by atoms with E-state index in [0.29, 0.717) is 13.1 Å². The lowest BCUT2D eigenvalue weighted by Gasteiger charge is -2.28. The van der Waals surface area contributed by atoms with Crippen molar-refractivity contribution >= 4 is 11.7 Å². The summed E-state index contributed by atoms with van der Waals surface area (Å²) in [5, 5.41) is 2.77. The van der Waals surface area contributed by atoms with Crippen molar-refractivity contribution < 1.29 is 9.59 Å². The zero-order chi connectivity index (χ0) is 11.3. The molecule has 3 N–H and O–H groups in total. The second kappa shape index (κ2) is 5.85. The molecular formula is C11H20N2O2. The van der Waals surface area contributed by atoms with Crippen molar-refractivity contribution in [1.82, 2.24) is 5.32 Å². The van der Waals surface area contributed by atoms with Crippen molar-refractivity contribution in [3.63, 3.8) is 0 Å². The van der Waals surface area contributed by atoms with Gasteiger partial charge in [0.1, 0.15) is 5.78 Å². The summed E-state index contributed by atoms with van der Waals surface area (Å²) in [5.74, 6) is -0.0535. The molecular weight excluding hydrogens is 192 g/mol. The van der Waals surface area contributed by atoms with Gasteiger partial charge in [0.25, 0.3) is 0 Å². The number of rotatable bonds is 4. The Labute approximate surface area is 90.6 Å². The summed E-state index contributed by atoms with van der Waals surface area (Å²) in [7, 11) is 0. The van der Waals surface area contributed by atoms with Crippen molar-refractivity contribution in [2.45, 2.75) is 32.6 Å². The highest BCUT2D eigenvalue weighted by molar-refractivity contribution is 5.87. The zero-order valence-electron chi connectivity index (χ0n) is 9.29. The maximum Gasteiger partial charge on any atom is 0.223 e. The maximum atomic E-state index is 11.8. The lowest BCUT2D eigenvalue weighted by Crippen LogP contribution is -2.40. The number of carbonyl (C=O) groups is 2. The highest BCUT2D eigenvalue weighted by atomic mass is 16.2. The van der Waals surface area contributed by atoms with E-state index in [9.17, 15) is 9.59 Å². The number of Topliss-reactive ketones (excluding diaryl/α,β-unsaturated/α-hetero) is 1. The molecule has 0 aromatic heterocycles. The fourth-order valence-electron chi connectivity index (χ4n) is 2.26. The number of nitrogens with one attached hydrogen (secondary N) is 1. The second-order valence-corrected chi connectivity index (χ2v) is 4.19. The summed E-state index contributed by atoms with van der Waals surface area (Å²) < 4.78 is 0.